The summed E-state index contributed by atoms with van der Waals surface area (Å²) in [5.41, 5.74) is 6.51. The molecule has 108 valence electrons. The molecule has 2 N–H and O–H groups in total. The molecule has 0 heterocycles. The van der Waals surface area contributed by atoms with Gasteiger partial charge in [-0.3, -0.25) is 4.90 Å². The molecular weight excluding hydrogens is 220 g/mol. The van der Waals surface area contributed by atoms with Crippen molar-refractivity contribution < 1.29 is 0 Å². The number of hydrogen-bond acceptors (Lipinski definition) is 2. The van der Waals surface area contributed by atoms with E-state index in [1.54, 1.807) is 0 Å². The second kappa shape index (κ2) is 7.49. The van der Waals surface area contributed by atoms with E-state index in [0.717, 1.165) is 24.9 Å². The van der Waals surface area contributed by atoms with Gasteiger partial charge in [-0.2, -0.15) is 0 Å². The van der Waals surface area contributed by atoms with E-state index >= 15 is 0 Å². The summed E-state index contributed by atoms with van der Waals surface area (Å²) in [6.45, 7) is 12.6. The van der Waals surface area contributed by atoms with Crippen LogP contribution in [0.2, 0.25) is 0 Å². The molecule has 1 aliphatic carbocycles. The highest BCUT2D eigenvalue weighted by molar-refractivity contribution is 4.96. The van der Waals surface area contributed by atoms with Crippen LogP contribution in [0.25, 0.3) is 0 Å². The highest BCUT2D eigenvalue weighted by Crippen LogP contribution is 2.39. The fraction of sp³-hybridized carbons (Fsp3) is 1.00. The van der Waals surface area contributed by atoms with Crippen molar-refractivity contribution in [1.82, 2.24) is 4.90 Å². The van der Waals surface area contributed by atoms with Crippen LogP contribution >= 0.6 is 0 Å². The van der Waals surface area contributed by atoms with Crippen molar-refractivity contribution in [1.29, 1.82) is 0 Å². The number of unbranched alkanes of at least 4 members (excludes halogenated alkanes) is 1. The zero-order chi connectivity index (χ0) is 13.6. The molecule has 0 aromatic carbocycles. The first-order chi connectivity index (χ1) is 8.59. The summed E-state index contributed by atoms with van der Waals surface area (Å²) < 4.78 is 0. The number of nitrogens with zero attached hydrogens (tertiary/aromatic N) is 1. The van der Waals surface area contributed by atoms with Gasteiger partial charge in [0.25, 0.3) is 0 Å². The van der Waals surface area contributed by atoms with Crippen molar-refractivity contribution in [3.63, 3.8) is 0 Å². The van der Waals surface area contributed by atoms with Gasteiger partial charge < -0.3 is 5.73 Å². The summed E-state index contributed by atoms with van der Waals surface area (Å²) in [4.78, 5) is 2.69. The lowest BCUT2D eigenvalue weighted by atomic mass is 9.70. The van der Waals surface area contributed by atoms with E-state index in [4.69, 9.17) is 5.73 Å². The summed E-state index contributed by atoms with van der Waals surface area (Å²) in [7, 11) is 0. The molecule has 1 aliphatic rings. The van der Waals surface area contributed by atoms with Gasteiger partial charge in [0, 0.05) is 12.1 Å². The Morgan fingerprint density at radius 2 is 2.06 bits per heavy atom. The Hall–Kier alpha value is -0.0800. The van der Waals surface area contributed by atoms with Gasteiger partial charge in [0.15, 0.2) is 0 Å². The highest BCUT2D eigenvalue weighted by Gasteiger charge is 2.39. The zero-order valence-corrected chi connectivity index (χ0v) is 13.0. The van der Waals surface area contributed by atoms with Crippen LogP contribution < -0.4 is 5.73 Å². The average Bonchev–Trinajstić information content (AvgIpc) is 2.39. The van der Waals surface area contributed by atoms with E-state index in [0.29, 0.717) is 5.54 Å². The van der Waals surface area contributed by atoms with Crippen LogP contribution in [0.15, 0.2) is 0 Å². The lowest BCUT2D eigenvalue weighted by Gasteiger charge is -2.49. The smallest absolute Gasteiger partial charge is 0.0334 e. The summed E-state index contributed by atoms with van der Waals surface area (Å²) in [6, 6.07) is 0. The topological polar surface area (TPSA) is 29.3 Å². The van der Waals surface area contributed by atoms with Crippen LogP contribution in [0.5, 0.6) is 0 Å². The molecule has 1 saturated carbocycles. The van der Waals surface area contributed by atoms with Crippen molar-refractivity contribution in [2.75, 3.05) is 19.6 Å². The zero-order valence-electron chi connectivity index (χ0n) is 13.0. The van der Waals surface area contributed by atoms with Gasteiger partial charge in [-0.1, -0.05) is 47.0 Å². The first-order valence-electron chi connectivity index (χ1n) is 8.04. The highest BCUT2D eigenvalue weighted by atomic mass is 15.2. The molecule has 0 aromatic rings. The minimum atomic E-state index is 0.303. The molecule has 1 fully saturated rings. The van der Waals surface area contributed by atoms with Crippen molar-refractivity contribution in [3.8, 4) is 0 Å². The Morgan fingerprint density at radius 3 is 2.56 bits per heavy atom. The fourth-order valence-corrected chi connectivity index (χ4v) is 3.64. The van der Waals surface area contributed by atoms with Crippen molar-refractivity contribution >= 4 is 0 Å². The molecule has 2 nitrogen and oxygen atoms in total. The summed E-state index contributed by atoms with van der Waals surface area (Å²) in [5.74, 6) is 1.68. The molecule has 0 spiro atoms. The molecule has 0 aromatic heterocycles. The van der Waals surface area contributed by atoms with Gasteiger partial charge >= 0.3 is 0 Å². The Balaban J connectivity index is 2.75. The molecule has 2 atom stereocenters. The molecule has 1 rings (SSSR count). The molecular formula is C16H34N2. The third kappa shape index (κ3) is 3.71. The Labute approximate surface area is 114 Å². The minimum absolute atomic E-state index is 0.303. The minimum Gasteiger partial charge on any atom is -0.329 e. The van der Waals surface area contributed by atoms with E-state index in [-0.39, 0.29) is 0 Å². The number of rotatable bonds is 7. The SMILES string of the molecule is CCCCN(CC)C1(CN)CCCC(C(C)C)C1. The summed E-state index contributed by atoms with van der Waals surface area (Å²) in [5, 5.41) is 0. The third-order valence-electron chi connectivity index (χ3n) is 5.02. The van der Waals surface area contributed by atoms with Crippen LogP contribution in [0.4, 0.5) is 0 Å². The van der Waals surface area contributed by atoms with Gasteiger partial charge in [0.05, 0.1) is 0 Å². The maximum atomic E-state index is 6.21. The molecule has 18 heavy (non-hydrogen) atoms. The summed E-state index contributed by atoms with van der Waals surface area (Å²) >= 11 is 0. The van der Waals surface area contributed by atoms with E-state index in [9.17, 15) is 0 Å². The second-order valence-corrected chi connectivity index (χ2v) is 6.46. The van der Waals surface area contributed by atoms with Crippen LogP contribution in [0.3, 0.4) is 0 Å². The fourth-order valence-electron chi connectivity index (χ4n) is 3.64. The predicted molar refractivity (Wildman–Crippen MR) is 80.7 cm³/mol. The van der Waals surface area contributed by atoms with Crippen molar-refractivity contribution in [3.05, 3.63) is 0 Å². The summed E-state index contributed by atoms with van der Waals surface area (Å²) in [6.07, 6.45) is 7.99. The van der Waals surface area contributed by atoms with Crippen LogP contribution in [-0.4, -0.2) is 30.1 Å². The average molecular weight is 254 g/mol. The second-order valence-electron chi connectivity index (χ2n) is 6.46. The van der Waals surface area contributed by atoms with E-state index in [1.165, 1.54) is 45.1 Å². The van der Waals surface area contributed by atoms with Crippen LogP contribution in [0, 0.1) is 11.8 Å². The van der Waals surface area contributed by atoms with Crippen LogP contribution in [-0.2, 0) is 0 Å². The Bertz CT molecular complexity index is 227. The van der Waals surface area contributed by atoms with Crippen molar-refractivity contribution in [2.24, 2.45) is 17.6 Å². The third-order valence-corrected chi connectivity index (χ3v) is 5.02. The molecule has 2 heteroatoms. The normalized spacial score (nSPS) is 29.2. The Kier molecular flexibility index (Phi) is 6.65. The number of nitrogens with two attached hydrogens (primary N) is 1. The molecule has 0 saturated heterocycles. The van der Waals surface area contributed by atoms with E-state index in [1.807, 2.05) is 0 Å². The van der Waals surface area contributed by atoms with Gasteiger partial charge in [-0.25, -0.2) is 0 Å². The lowest BCUT2D eigenvalue weighted by Crippen LogP contribution is -2.57. The van der Waals surface area contributed by atoms with Gasteiger partial charge in [-0.05, 0) is 44.2 Å². The van der Waals surface area contributed by atoms with Crippen molar-refractivity contribution in [2.45, 2.75) is 71.8 Å². The monoisotopic (exact) mass is 254 g/mol. The maximum absolute atomic E-state index is 6.21. The molecule has 0 aliphatic heterocycles. The molecule has 0 amide bonds. The lowest BCUT2D eigenvalue weighted by molar-refractivity contribution is 0.0281. The maximum Gasteiger partial charge on any atom is 0.0334 e. The predicted octanol–water partition coefficient (Wildman–Crippen LogP) is 3.65. The number of likely N-dealkylation sites (N-methyl/N-ethyl adjacent to an activating group) is 1. The Morgan fingerprint density at radius 1 is 1.33 bits per heavy atom. The molecule has 2 unspecified atom stereocenters. The van der Waals surface area contributed by atoms with Gasteiger partial charge in [-0.15, -0.1) is 0 Å². The first kappa shape index (κ1) is 16.0. The van der Waals surface area contributed by atoms with E-state index < -0.39 is 0 Å². The first-order valence-corrected chi connectivity index (χ1v) is 8.04. The largest absolute Gasteiger partial charge is 0.329 e. The van der Waals surface area contributed by atoms with Gasteiger partial charge in [0.2, 0.25) is 0 Å². The van der Waals surface area contributed by atoms with Crippen LogP contribution in [0.1, 0.15) is 66.2 Å². The van der Waals surface area contributed by atoms with E-state index in [2.05, 4.69) is 32.6 Å². The standard InChI is InChI=1S/C16H34N2/c1-5-7-11-18(6-2)16(13-17)10-8-9-15(12-16)14(3)4/h14-15H,5-13,17H2,1-4H3. The molecule has 0 bridgehead atoms. The molecule has 0 radical (unpaired) electrons. The van der Waals surface area contributed by atoms with Gasteiger partial charge in [0.1, 0.15) is 0 Å². The number of hydrogen-bond donors (Lipinski definition) is 1. The quantitative estimate of drug-likeness (QED) is 0.751.